The van der Waals surface area contributed by atoms with Crippen molar-refractivity contribution >= 4 is 11.8 Å². The highest BCUT2D eigenvalue weighted by Crippen LogP contribution is 2.10. The number of quaternary nitrogens is 1. The van der Waals surface area contributed by atoms with Gasteiger partial charge >= 0.3 is 0 Å². The van der Waals surface area contributed by atoms with E-state index in [0.717, 1.165) is 16.2 Å². The van der Waals surface area contributed by atoms with Crippen molar-refractivity contribution in [2.45, 2.75) is 33.4 Å². The van der Waals surface area contributed by atoms with E-state index in [1.807, 2.05) is 45.0 Å². The van der Waals surface area contributed by atoms with Gasteiger partial charge in [-0.2, -0.15) is 0 Å². The Kier molecular flexibility index (Phi) is 8.11. The van der Waals surface area contributed by atoms with Gasteiger partial charge in [0.15, 0.2) is 12.6 Å². The van der Waals surface area contributed by atoms with Crippen molar-refractivity contribution in [2.75, 3.05) is 26.7 Å². The SMILES string of the molecule is CCNC(=O)C[NH+](CC)[C@@H](C)C(=O)NCc1ccc(OC)cc1. The monoisotopic (exact) mass is 322 g/mol. The van der Waals surface area contributed by atoms with Crippen LogP contribution in [0.1, 0.15) is 26.3 Å². The summed E-state index contributed by atoms with van der Waals surface area (Å²) in [5.74, 6) is 0.707. The molecule has 0 radical (unpaired) electrons. The van der Waals surface area contributed by atoms with E-state index >= 15 is 0 Å². The molecule has 0 aromatic heterocycles. The first-order valence-electron chi connectivity index (χ1n) is 8.03. The molecular formula is C17H28N3O3+. The highest BCUT2D eigenvalue weighted by atomic mass is 16.5. The summed E-state index contributed by atoms with van der Waals surface area (Å²) in [6, 6.07) is 7.29. The van der Waals surface area contributed by atoms with Crippen LogP contribution in [0, 0.1) is 0 Å². The molecule has 128 valence electrons. The van der Waals surface area contributed by atoms with Crippen LogP contribution in [0.3, 0.4) is 0 Å². The highest BCUT2D eigenvalue weighted by molar-refractivity contribution is 5.81. The lowest BCUT2D eigenvalue weighted by Gasteiger charge is -2.23. The van der Waals surface area contributed by atoms with Gasteiger partial charge in [0.25, 0.3) is 11.8 Å². The number of carbonyl (C=O) groups is 2. The lowest BCUT2D eigenvalue weighted by atomic mass is 10.2. The van der Waals surface area contributed by atoms with E-state index in [4.69, 9.17) is 4.74 Å². The molecule has 1 aromatic rings. The molecule has 23 heavy (non-hydrogen) atoms. The third-order valence-corrected chi connectivity index (χ3v) is 3.85. The summed E-state index contributed by atoms with van der Waals surface area (Å²) >= 11 is 0. The molecule has 0 saturated heterocycles. The van der Waals surface area contributed by atoms with E-state index in [9.17, 15) is 9.59 Å². The van der Waals surface area contributed by atoms with Crippen LogP contribution in [0.25, 0.3) is 0 Å². The molecule has 0 bridgehead atoms. The normalized spacial score (nSPS) is 13.0. The second kappa shape index (κ2) is 9.84. The molecule has 0 heterocycles. The Morgan fingerprint density at radius 3 is 2.35 bits per heavy atom. The molecule has 1 unspecified atom stereocenters. The smallest absolute Gasteiger partial charge is 0.278 e. The molecule has 0 fully saturated rings. The fraction of sp³-hybridized carbons (Fsp3) is 0.529. The zero-order chi connectivity index (χ0) is 17.2. The summed E-state index contributed by atoms with van der Waals surface area (Å²) < 4.78 is 5.11. The van der Waals surface area contributed by atoms with Gasteiger partial charge in [0, 0.05) is 13.1 Å². The summed E-state index contributed by atoms with van der Waals surface area (Å²) in [4.78, 5) is 24.9. The number of likely N-dealkylation sites (N-methyl/N-ethyl adjacent to an activating group) is 2. The molecule has 3 N–H and O–H groups in total. The Hall–Kier alpha value is -2.08. The fourth-order valence-corrected chi connectivity index (χ4v) is 2.32. The second-order valence-corrected chi connectivity index (χ2v) is 5.43. The average molecular weight is 322 g/mol. The fourth-order valence-electron chi connectivity index (χ4n) is 2.32. The summed E-state index contributed by atoms with van der Waals surface area (Å²) in [6.07, 6.45) is 0. The van der Waals surface area contributed by atoms with E-state index in [2.05, 4.69) is 10.6 Å². The molecule has 0 spiro atoms. The van der Waals surface area contributed by atoms with E-state index in [0.29, 0.717) is 26.2 Å². The molecular weight excluding hydrogens is 294 g/mol. The first-order valence-corrected chi connectivity index (χ1v) is 8.03. The topological polar surface area (TPSA) is 71.9 Å². The molecule has 0 aliphatic heterocycles. The quantitative estimate of drug-likeness (QED) is 0.587. The van der Waals surface area contributed by atoms with Crippen molar-refractivity contribution in [3.8, 4) is 5.75 Å². The van der Waals surface area contributed by atoms with Crippen LogP contribution in [0.4, 0.5) is 0 Å². The largest absolute Gasteiger partial charge is 0.497 e. The van der Waals surface area contributed by atoms with Crippen molar-refractivity contribution in [2.24, 2.45) is 0 Å². The van der Waals surface area contributed by atoms with Crippen molar-refractivity contribution in [3.05, 3.63) is 29.8 Å². The van der Waals surface area contributed by atoms with Crippen LogP contribution in [-0.4, -0.2) is 44.6 Å². The second-order valence-electron chi connectivity index (χ2n) is 5.43. The minimum atomic E-state index is -0.277. The molecule has 0 saturated carbocycles. The maximum Gasteiger partial charge on any atom is 0.278 e. The predicted octanol–water partition coefficient (Wildman–Crippen LogP) is -0.259. The van der Waals surface area contributed by atoms with E-state index < -0.39 is 0 Å². The summed E-state index contributed by atoms with van der Waals surface area (Å²) in [7, 11) is 1.62. The maximum atomic E-state index is 12.3. The summed E-state index contributed by atoms with van der Waals surface area (Å²) in [5, 5.41) is 5.69. The zero-order valence-electron chi connectivity index (χ0n) is 14.4. The Balaban J connectivity index is 2.51. The van der Waals surface area contributed by atoms with Crippen molar-refractivity contribution in [1.82, 2.24) is 10.6 Å². The number of amides is 2. The molecule has 1 aromatic carbocycles. The van der Waals surface area contributed by atoms with Crippen LogP contribution in [0.2, 0.25) is 0 Å². The van der Waals surface area contributed by atoms with E-state index in [1.165, 1.54) is 0 Å². The molecule has 2 atom stereocenters. The lowest BCUT2D eigenvalue weighted by molar-refractivity contribution is -0.904. The summed E-state index contributed by atoms with van der Waals surface area (Å²) in [5.41, 5.74) is 1.01. The molecule has 2 amide bonds. The molecule has 1 rings (SSSR count). The van der Waals surface area contributed by atoms with Crippen LogP contribution < -0.4 is 20.3 Å². The van der Waals surface area contributed by atoms with E-state index in [-0.39, 0.29) is 17.9 Å². The Bertz CT molecular complexity index is 502. The first-order chi connectivity index (χ1) is 11.0. The number of methoxy groups -OCH3 is 1. The maximum absolute atomic E-state index is 12.3. The van der Waals surface area contributed by atoms with Gasteiger partial charge in [-0.05, 0) is 38.5 Å². The predicted molar refractivity (Wildman–Crippen MR) is 89.4 cm³/mol. The van der Waals surface area contributed by atoms with Crippen molar-refractivity contribution in [1.29, 1.82) is 0 Å². The van der Waals surface area contributed by atoms with Gasteiger partial charge in [0.05, 0.1) is 13.7 Å². The van der Waals surface area contributed by atoms with Crippen LogP contribution in [-0.2, 0) is 16.1 Å². The lowest BCUT2D eigenvalue weighted by Crippen LogP contribution is -3.17. The van der Waals surface area contributed by atoms with Gasteiger partial charge in [-0.15, -0.1) is 0 Å². The Labute approximate surface area is 138 Å². The number of nitrogens with one attached hydrogen (secondary N) is 3. The molecule has 6 heteroatoms. The highest BCUT2D eigenvalue weighted by Gasteiger charge is 2.25. The third kappa shape index (κ3) is 6.28. The van der Waals surface area contributed by atoms with Gasteiger partial charge in [0.1, 0.15) is 5.75 Å². The minimum Gasteiger partial charge on any atom is -0.497 e. The first kappa shape index (κ1) is 19.0. The van der Waals surface area contributed by atoms with Gasteiger partial charge in [-0.3, -0.25) is 9.59 Å². The number of benzene rings is 1. The third-order valence-electron chi connectivity index (χ3n) is 3.85. The van der Waals surface area contributed by atoms with Crippen LogP contribution in [0.15, 0.2) is 24.3 Å². The van der Waals surface area contributed by atoms with Crippen LogP contribution >= 0.6 is 0 Å². The number of hydrogen-bond acceptors (Lipinski definition) is 3. The summed E-state index contributed by atoms with van der Waals surface area (Å²) in [6.45, 7) is 7.80. The molecule has 0 aliphatic rings. The molecule has 0 aliphatic carbocycles. The van der Waals surface area contributed by atoms with E-state index in [1.54, 1.807) is 7.11 Å². The number of ether oxygens (including phenoxy) is 1. The van der Waals surface area contributed by atoms with Gasteiger partial charge in [-0.1, -0.05) is 12.1 Å². The van der Waals surface area contributed by atoms with Gasteiger partial charge < -0.3 is 20.3 Å². The van der Waals surface area contributed by atoms with Crippen molar-refractivity contribution < 1.29 is 19.2 Å². The molecule has 6 nitrogen and oxygen atoms in total. The minimum absolute atomic E-state index is 0.0286. The Morgan fingerprint density at radius 2 is 1.83 bits per heavy atom. The number of hydrogen-bond donors (Lipinski definition) is 3. The zero-order valence-corrected chi connectivity index (χ0v) is 14.4. The average Bonchev–Trinajstić information content (AvgIpc) is 2.57. The number of carbonyl (C=O) groups excluding carboxylic acids is 2. The Morgan fingerprint density at radius 1 is 1.17 bits per heavy atom. The standard InChI is InChI=1S/C17H27N3O3/c1-5-18-16(21)12-20(6-2)13(3)17(22)19-11-14-7-9-15(23-4)10-8-14/h7-10,13H,5-6,11-12H2,1-4H3,(H,18,21)(H,19,22)/p+1/t13-/m0/s1. The van der Waals surface area contributed by atoms with Gasteiger partial charge in [0.2, 0.25) is 0 Å². The van der Waals surface area contributed by atoms with Gasteiger partial charge in [-0.25, -0.2) is 0 Å². The number of rotatable bonds is 9. The van der Waals surface area contributed by atoms with Crippen LogP contribution in [0.5, 0.6) is 5.75 Å². The van der Waals surface area contributed by atoms with Crippen molar-refractivity contribution in [3.63, 3.8) is 0 Å².